The van der Waals surface area contributed by atoms with Crippen molar-refractivity contribution in [3.8, 4) is 0 Å². The zero-order chi connectivity index (χ0) is 10.6. The first-order valence-electron chi connectivity index (χ1n) is 5.64. The molecular formula is C11H22N2O. The molecule has 1 unspecified atom stereocenters. The summed E-state index contributed by atoms with van der Waals surface area (Å²) < 4.78 is 0. The van der Waals surface area contributed by atoms with Gasteiger partial charge in [-0.1, -0.05) is 26.7 Å². The van der Waals surface area contributed by atoms with Gasteiger partial charge in [0.2, 0.25) is 5.91 Å². The molecule has 1 rings (SSSR count). The Labute approximate surface area is 86.4 Å². The molecule has 1 saturated carbocycles. The van der Waals surface area contributed by atoms with Crippen LogP contribution < -0.4 is 11.1 Å². The highest BCUT2D eigenvalue weighted by Gasteiger charge is 2.22. The van der Waals surface area contributed by atoms with E-state index in [9.17, 15) is 4.79 Å². The van der Waals surface area contributed by atoms with E-state index in [4.69, 9.17) is 5.73 Å². The van der Waals surface area contributed by atoms with Crippen LogP contribution >= 0.6 is 0 Å². The standard InChI is InChI=1S/C11H22N2O/c1-8(2)10(7-11(12)14)13-9-5-3-4-6-9/h8-10,13H,3-7H2,1-2H3,(H2,12,14). The summed E-state index contributed by atoms with van der Waals surface area (Å²) in [6.07, 6.45) is 5.61. The fourth-order valence-electron chi connectivity index (χ4n) is 2.10. The summed E-state index contributed by atoms with van der Waals surface area (Å²) in [5, 5.41) is 3.55. The molecule has 1 aliphatic carbocycles. The molecular weight excluding hydrogens is 176 g/mol. The molecule has 0 radical (unpaired) electrons. The molecule has 1 atom stereocenters. The van der Waals surface area contributed by atoms with Crippen LogP contribution in [-0.2, 0) is 4.79 Å². The van der Waals surface area contributed by atoms with Gasteiger partial charge in [-0.3, -0.25) is 4.79 Å². The zero-order valence-electron chi connectivity index (χ0n) is 9.25. The van der Waals surface area contributed by atoms with Gasteiger partial charge in [0, 0.05) is 18.5 Å². The molecule has 1 fully saturated rings. The van der Waals surface area contributed by atoms with E-state index in [1.54, 1.807) is 0 Å². The summed E-state index contributed by atoms with van der Waals surface area (Å²) >= 11 is 0. The number of nitrogens with two attached hydrogens (primary N) is 1. The van der Waals surface area contributed by atoms with Crippen LogP contribution in [-0.4, -0.2) is 18.0 Å². The summed E-state index contributed by atoms with van der Waals surface area (Å²) in [5.74, 6) is 0.275. The molecule has 0 spiro atoms. The van der Waals surface area contributed by atoms with Crippen LogP contribution in [0.3, 0.4) is 0 Å². The third-order valence-corrected chi connectivity index (χ3v) is 3.03. The van der Waals surface area contributed by atoms with E-state index < -0.39 is 0 Å². The molecule has 0 aromatic heterocycles. The van der Waals surface area contributed by atoms with E-state index in [1.807, 2.05) is 0 Å². The summed E-state index contributed by atoms with van der Waals surface area (Å²) in [4.78, 5) is 10.9. The molecule has 0 aliphatic heterocycles. The highest BCUT2D eigenvalue weighted by molar-refractivity contribution is 5.74. The number of carbonyl (C=O) groups is 1. The fourth-order valence-corrected chi connectivity index (χ4v) is 2.10. The second-order valence-corrected chi connectivity index (χ2v) is 4.67. The summed E-state index contributed by atoms with van der Waals surface area (Å²) in [6, 6.07) is 0.873. The topological polar surface area (TPSA) is 55.1 Å². The first kappa shape index (κ1) is 11.5. The normalized spacial score (nSPS) is 20.2. The Hall–Kier alpha value is -0.570. The maximum absolute atomic E-state index is 10.9. The molecule has 3 nitrogen and oxygen atoms in total. The molecule has 0 aromatic rings. The van der Waals surface area contributed by atoms with Crippen molar-refractivity contribution in [2.45, 2.75) is 58.0 Å². The van der Waals surface area contributed by atoms with Crippen molar-refractivity contribution >= 4 is 5.91 Å². The van der Waals surface area contributed by atoms with Crippen LogP contribution in [0.1, 0.15) is 46.0 Å². The molecule has 3 N–H and O–H groups in total. The summed E-state index contributed by atoms with van der Waals surface area (Å²) in [5.41, 5.74) is 5.23. The van der Waals surface area contributed by atoms with Crippen molar-refractivity contribution in [2.75, 3.05) is 0 Å². The number of nitrogens with one attached hydrogen (secondary N) is 1. The average Bonchev–Trinajstić information content (AvgIpc) is 2.54. The van der Waals surface area contributed by atoms with Gasteiger partial charge < -0.3 is 11.1 Å². The zero-order valence-corrected chi connectivity index (χ0v) is 9.25. The highest BCUT2D eigenvalue weighted by Crippen LogP contribution is 2.20. The molecule has 1 aliphatic rings. The van der Waals surface area contributed by atoms with Gasteiger partial charge in [0.1, 0.15) is 0 Å². The van der Waals surface area contributed by atoms with E-state index in [1.165, 1.54) is 25.7 Å². The Balaban J connectivity index is 2.37. The van der Waals surface area contributed by atoms with E-state index in [2.05, 4.69) is 19.2 Å². The van der Waals surface area contributed by atoms with E-state index >= 15 is 0 Å². The maximum atomic E-state index is 10.9. The van der Waals surface area contributed by atoms with Gasteiger partial charge in [0.05, 0.1) is 0 Å². The number of rotatable bonds is 5. The predicted octanol–water partition coefficient (Wildman–Crippen LogP) is 1.42. The molecule has 1 amide bonds. The first-order valence-corrected chi connectivity index (χ1v) is 5.64. The van der Waals surface area contributed by atoms with Gasteiger partial charge in [0.15, 0.2) is 0 Å². The lowest BCUT2D eigenvalue weighted by Gasteiger charge is -2.25. The average molecular weight is 198 g/mol. The van der Waals surface area contributed by atoms with Gasteiger partial charge in [-0.15, -0.1) is 0 Å². The second kappa shape index (κ2) is 5.35. The van der Waals surface area contributed by atoms with Gasteiger partial charge in [-0.05, 0) is 18.8 Å². The lowest BCUT2D eigenvalue weighted by atomic mass is 9.99. The molecule has 0 saturated heterocycles. The van der Waals surface area contributed by atoms with Crippen LogP contribution in [0.2, 0.25) is 0 Å². The number of amides is 1. The number of carbonyl (C=O) groups excluding carboxylic acids is 1. The molecule has 3 heteroatoms. The number of primary amides is 1. The Kier molecular flexibility index (Phi) is 4.39. The van der Waals surface area contributed by atoms with Crippen LogP contribution in [0.5, 0.6) is 0 Å². The van der Waals surface area contributed by atoms with Crippen LogP contribution in [0.25, 0.3) is 0 Å². The van der Waals surface area contributed by atoms with Crippen molar-refractivity contribution in [1.29, 1.82) is 0 Å². The smallest absolute Gasteiger partial charge is 0.218 e. The van der Waals surface area contributed by atoms with Crippen LogP contribution in [0.4, 0.5) is 0 Å². The Morgan fingerprint density at radius 3 is 2.43 bits per heavy atom. The quantitative estimate of drug-likeness (QED) is 0.702. The molecule has 82 valence electrons. The van der Waals surface area contributed by atoms with Crippen molar-refractivity contribution in [2.24, 2.45) is 11.7 Å². The van der Waals surface area contributed by atoms with Crippen LogP contribution in [0, 0.1) is 5.92 Å². The third-order valence-electron chi connectivity index (χ3n) is 3.03. The third kappa shape index (κ3) is 3.66. The van der Waals surface area contributed by atoms with E-state index in [0.29, 0.717) is 18.4 Å². The Morgan fingerprint density at radius 1 is 1.43 bits per heavy atom. The van der Waals surface area contributed by atoms with Crippen LogP contribution in [0.15, 0.2) is 0 Å². The monoisotopic (exact) mass is 198 g/mol. The summed E-state index contributed by atoms with van der Waals surface area (Å²) in [7, 11) is 0. The van der Waals surface area contributed by atoms with Gasteiger partial charge in [0.25, 0.3) is 0 Å². The molecule has 0 aromatic carbocycles. The molecule has 0 heterocycles. The molecule has 14 heavy (non-hydrogen) atoms. The first-order chi connectivity index (χ1) is 6.59. The lowest BCUT2D eigenvalue weighted by Crippen LogP contribution is -2.42. The minimum atomic E-state index is -0.200. The Bertz CT molecular complexity index is 186. The van der Waals surface area contributed by atoms with Crippen molar-refractivity contribution in [3.63, 3.8) is 0 Å². The number of hydrogen-bond donors (Lipinski definition) is 2. The number of hydrogen-bond acceptors (Lipinski definition) is 2. The van der Waals surface area contributed by atoms with Gasteiger partial charge in [-0.25, -0.2) is 0 Å². The van der Waals surface area contributed by atoms with Gasteiger partial charge >= 0.3 is 0 Å². The minimum absolute atomic E-state index is 0.200. The van der Waals surface area contributed by atoms with E-state index in [0.717, 1.165) is 0 Å². The Morgan fingerprint density at radius 2 is 2.00 bits per heavy atom. The fraction of sp³-hybridized carbons (Fsp3) is 0.909. The SMILES string of the molecule is CC(C)C(CC(N)=O)NC1CCCC1. The highest BCUT2D eigenvalue weighted by atomic mass is 16.1. The van der Waals surface area contributed by atoms with Gasteiger partial charge in [-0.2, -0.15) is 0 Å². The maximum Gasteiger partial charge on any atom is 0.218 e. The largest absolute Gasteiger partial charge is 0.370 e. The summed E-state index contributed by atoms with van der Waals surface area (Å²) in [6.45, 7) is 4.27. The van der Waals surface area contributed by atoms with E-state index in [-0.39, 0.29) is 11.9 Å². The van der Waals surface area contributed by atoms with Crippen molar-refractivity contribution in [1.82, 2.24) is 5.32 Å². The molecule has 0 bridgehead atoms. The van der Waals surface area contributed by atoms with Crippen molar-refractivity contribution in [3.05, 3.63) is 0 Å². The second-order valence-electron chi connectivity index (χ2n) is 4.67. The minimum Gasteiger partial charge on any atom is -0.370 e. The lowest BCUT2D eigenvalue weighted by molar-refractivity contribution is -0.118. The van der Waals surface area contributed by atoms with Crippen molar-refractivity contribution < 1.29 is 4.79 Å². The predicted molar refractivity (Wildman–Crippen MR) is 57.8 cm³/mol.